The number of fused-ring (bicyclic) bond motifs is 8. The molecule has 0 aliphatic carbocycles. The Morgan fingerprint density at radius 3 is 1.58 bits per heavy atom. The lowest BCUT2D eigenvalue weighted by molar-refractivity contribution is 1.17. The van der Waals surface area contributed by atoms with E-state index in [1.165, 1.54) is 0 Å². The molecule has 0 fully saturated rings. The van der Waals surface area contributed by atoms with Gasteiger partial charge in [-0.2, -0.15) is 0 Å². The highest BCUT2D eigenvalue weighted by Crippen LogP contribution is 2.24. The Labute approximate surface area is 187 Å². The smallest absolute Gasteiger partial charge is 0.0658 e. The van der Waals surface area contributed by atoms with Gasteiger partial charge in [0.05, 0.1) is 22.8 Å². The second kappa shape index (κ2) is 7.22. The van der Waals surface area contributed by atoms with Crippen molar-refractivity contribution in [2.24, 2.45) is 0 Å². The minimum absolute atomic E-state index is 0.924. The van der Waals surface area contributed by atoms with E-state index in [1.807, 2.05) is 24.3 Å². The summed E-state index contributed by atoms with van der Waals surface area (Å²) in [5, 5.41) is 0. The number of hydrogen-bond acceptors (Lipinski definition) is 2. The van der Waals surface area contributed by atoms with Crippen molar-refractivity contribution in [2.75, 3.05) is 0 Å². The number of halogens is 1. The maximum Gasteiger partial charge on any atom is 0.0658 e. The Balaban J connectivity index is 1.71. The van der Waals surface area contributed by atoms with Gasteiger partial charge in [-0.15, -0.1) is 0 Å². The van der Waals surface area contributed by atoms with Crippen LogP contribution in [0.1, 0.15) is 22.8 Å². The van der Waals surface area contributed by atoms with Crippen LogP contribution in [0.2, 0.25) is 0 Å². The minimum atomic E-state index is 0.924. The number of nitrogens with zero attached hydrogens (tertiary/aromatic N) is 3. The molecule has 1 aromatic carbocycles. The molecule has 0 unspecified atom stereocenters. The Morgan fingerprint density at radius 2 is 1.06 bits per heavy atom. The third kappa shape index (κ3) is 3.53. The van der Waals surface area contributed by atoms with E-state index in [1.54, 1.807) is 0 Å². The lowest BCUT2D eigenvalue weighted by atomic mass is 10.3. The van der Waals surface area contributed by atoms with E-state index in [2.05, 4.69) is 98.3 Å². The highest BCUT2D eigenvalue weighted by Gasteiger charge is 2.06. The van der Waals surface area contributed by atoms with Gasteiger partial charge in [0.25, 0.3) is 0 Å². The lowest BCUT2D eigenvalue weighted by Gasteiger charge is -2.07. The predicted octanol–water partition coefficient (Wildman–Crippen LogP) is 6.88. The summed E-state index contributed by atoms with van der Waals surface area (Å²) in [5.41, 5.74) is 8.94. The second-order valence-electron chi connectivity index (χ2n) is 7.53. The molecule has 3 aromatic heterocycles. The van der Waals surface area contributed by atoms with Crippen molar-refractivity contribution in [3.8, 4) is 5.69 Å². The summed E-state index contributed by atoms with van der Waals surface area (Å²) in [6, 6.07) is 25.0. The largest absolute Gasteiger partial charge is 0.355 e. The second-order valence-corrected chi connectivity index (χ2v) is 8.45. The van der Waals surface area contributed by atoms with Gasteiger partial charge in [-0.1, -0.05) is 15.9 Å². The van der Waals surface area contributed by atoms with Gasteiger partial charge in [0.15, 0.2) is 0 Å². The number of rotatable bonds is 1. The molecule has 2 aliphatic heterocycles. The Kier molecular flexibility index (Phi) is 4.21. The van der Waals surface area contributed by atoms with Gasteiger partial charge in [0, 0.05) is 32.2 Å². The van der Waals surface area contributed by atoms with Crippen LogP contribution in [0.4, 0.5) is 0 Å². The highest BCUT2D eigenvalue weighted by molar-refractivity contribution is 9.10. The van der Waals surface area contributed by atoms with Crippen LogP contribution in [-0.2, 0) is 0 Å². The van der Waals surface area contributed by atoms with Gasteiger partial charge in [0.2, 0.25) is 0 Å². The number of nitrogens with one attached hydrogen (secondary N) is 1. The van der Waals surface area contributed by atoms with E-state index in [0.29, 0.717) is 0 Å². The monoisotopic (exact) mass is 464 g/mol. The quantitative estimate of drug-likeness (QED) is 0.288. The van der Waals surface area contributed by atoms with Crippen molar-refractivity contribution in [3.05, 3.63) is 100 Å². The summed E-state index contributed by atoms with van der Waals surface area (Å²) in [6.45, 7) is 0. The van der Waals surface area contributed by atoms with Crippen LogP contribution in [0.15, 0.2) is 77.3 Å². The molecule has 0 spiro atoms. The van der Waals surface area contributed by atoms with Crippen LogP contribution < -0.4 is 0 Å². The molecule has 0 saturated carbocycles. The molecule has 148 valence electrons. The number of aromatic nitrogens is 4. The molecule has 5 heterocycles. The molecule has 0 saturated heterocycles. The van der Waals surface area contributed by atoms with Crippen LogP contribution in [0, 0.1) is 0 Å². The summed E-state index contributed by atoms with van der Waals surface area (Å²) < 4.78 is 3.28. The van der Waals surface area contributed by atoms with Crippen molar-refractivity contribution in [1.82, 2.24) is 19.5 Å². The van der Waals surface area contributed by atoms with Crippen LogP contribution in [0.5, 0.6) is 0 Å². The summed E-state index contributed by atoms with van der Waals surface area (Å²) in [4.78, 5) is 13.0. The Morgan fingerprint density at radius 1 is 0.581 bits per heavy atom. The summed E-state index contributed by atoms with van der Waals surface area (Å²) >= 11 is 3.54. The lowest BCUT2D eigenvalue weighted by Crippen LogP contribution is -1.93. The van der Waals surface area contributed by atoms with Crippen LogP contribution in [0.25, 0.3) is 52.1 Å². The maximum absolute atomic E-state index is 4.78. The molecule has 0 amide bonds. The fraction of sp³-hybridized carbons (Fsp3) is 0. The molecular weight excluding hydrogens is 448 g/mol. The fourth-order valence-electron chi connectivity index (χ4n) is 3.91. The van der Waals surface area contributed by atoms with Crippen molar-refractivity contribution in [2.45, 2.75) is 0 Å². The number of benzene rings is 1. The number of hydrogen-bond donors (Lipinski definition) is 1. The van der Waals surface area contributed by atoms with Gasteiger partial charge < -0.3 is 9.55 Å². The fourth-order valence-corrected chi connectivity index (χ4v) is 4.18. The van der Waals surface area contributed by atoms with E-state index in [9.17, 15) is 0 Å². The minimum Gasteiger partial charge on any atom is -0.355 e. The van der Waals surface area contributed by atoms with E-state index in [4.69, 9.17) is 9.97 Å². The third-order valence-corrected chi connectivity index (χ3v) is 5.85. The van der Waals surface area contributed by atoms with Gasteiger partial charge in [-0.05, 0) is 97.1 Å². The average molecular weight is 465 g/mol. The molecule has 0 atom stereocenters. The molecule has 4 nitrogen and oxygen atoms in total. The summed E-state index contributed by atoms with van der Waals surface area (Å²) in [7, 11) is 0. The molecule has 31 heavy (non-hydrogen) atoms. The Bertz CT molecular complexity index is 1440. The molecule has 6 rings (SSSR count). The van der Waals surface area contributed by atoms with Gasteiger partial charge in [0.1, 0.15) is 0 Å². The molecule has 4 aromatic rings. The van der Waals surface area contributed by atoms with E-state index < -0.39 is 0 Å². The standard InChI is InChI=1S/C26H17BrN4/c27-17-1-9-24(10-2-17)31-25-11-12-26(31)16-23-8-6-21(30-23)14-19-4-3-18(28-19)13-20-5-7-22(15-25)29-20/h1-16,28H. The first-order valence-corrected chi connectivity index (χ1v) is 10.8. The first-order chi connectivity index (χ1) is 15.2. The highest BCUT2D eigenvalue weighted by atomic mass is 79.9. The first-order valence-electron chi connectivity index (χ1n) is 10.0. The van der Waals surface area contributed by atoms with Crippen molar-refractivity contribution < 1.29 is 0 Å². The molecule has 8 bridgehead atoms. The van der Waals surface area contributed by atoms with Crippen molar-refractivity contribution >= 4 is 62.3 Å². The maximum atomic E-state index is 4.78. The van der Waals surface area contributed by atoms with Gasteiger partial charge in [-0.3, -0.25) is 0 Å². The zero-order valence-electron chi connectivity index (χ0n) is 16.5. The zero-order valence-corrected chi connectivity index (χ0v) is 18.0. The average Bonchev–Trinajstić information content (AvgIpc) is 3.54. The van der Waals surface area contributed by atoms with Crippen LogP contribution in [0.3, 0.4) is 0 Å². The SMILES string of the molecule is Brc1ccc(-n2c3ccc2cc2nc(cc4ccc(cc5nc(c3)C=C5)[nH]4)C=C2)cc1. The first kappa shape index (κ1) is 18.1. The van der Waals surface area contributed by atoms with Crippen molar-refractivity contribution in [1.29, 1.82) is 0 Å². The van der Waals surface area contributed by atoms with E-state index >= 15 is 0 Å². The van der Waals surface area contributed by atoms with Crippen LogP contribution >= 0.6 is 15.9 Å². The van der Waals surface area contributed by atoms with Crippen LogP contribution in [-0.4, -0.2) is 19.5 Å². The molecule has 0 radical (unpaired) electrons. The molecule has 5 heteroatoms. The Hall–Kier alpha value is -3.70. The van der Waals surface area contributed by atoms with Gasteiger partial charge in [-0.25, -0.2) is 9.97 Å². The predicted molar refractivity (Wildman–Crippen MR) is 132 cm³/mol. The summed E-state index contributed by atoms with van der Waals surface area (Å²) in [6.07, 6.45) is 8.18. The number of aromatic amines is 1. The van der Waals surface area contributed by atoms with E-state index in [-0.39, 0.29) is 0 Å². The van der Waals surface area contributed by atoms with E-state index in [0.717, 1.165) is 55.0 Å². The summed E-state index contributed by atoms with van der Waals surface area (Å²) in [5.74, 6) is 0. The molecule has 1 N–H and O–H groups in total. The zero-order chi connectivity index (χ0) is 20.8. The molecule has 2 aliphatic rings. The van der Waals surface area contributed by atoms with Gasteiger partial charge >= 0.3 is 0 Å². The third-order valence-electron chi connectivity index (χ3n) is 5.32. The molecular formula is C26H17BrN4. The number of H-pyrrole nitrogens is 1. The normalized spacial score (nSPS) is 12.4. The van der Waals surface area contributed by atoms with Crippen molar-refractivity contribution in [3.63, 3.8) is 0 Å². The topological polar surface area (TPSA) is 46.5 Å².